The quantitative estimate of drug-likeness (QED) is 0.761. The zero-order valence-corrected chi connectivity index (χ0v) is 12.4. The van der Waals surface area contributed by atoms with E-state index in [0.29, 0.717) is 0 Å². The van der Waals surface area contributed by atoms with Gasteiger partial charge in [0.15, 0.2) is 0 Å². The highest BCUT2D eigenvalue weighted by Gasteiger charge is 2.19. The van der Waals surface area contributed by atoms with Gasteiger partial charge in [0.1, 0.15) is 0 Å². The summed E-state index contributed by atoms with van der Waals surface area (Å²) in [7, 11) is 0. The molecule has 96 valence electrons. The Morgan fingerprint density at radius 2 is 1.89 bits per heavy atom. The average molecular weight is 305 g/mol. The molecule has 0 aromatic carbocycles. The molecule has 3 aromatic heterocycles. The zero-order valence-electron chi connectivity index (χ0n) is 9.91. The SMILES string of the molecule is O=C(NC(c1ccsc1)c1cccs1)c1ccsc1. The number of carbonyl (C=O) groups excluding carboxylic acids is 1. The molecule has 0 fully saturated rings. The van der Waals surface area contributed by atoms with Crippen LogP contribution < -0.4 is 5.32 Å². The first-order chi connectivity index (χ1) is 9.34. The Bertz CT molecular complexity index is 592. The van der Waals surface area contributed by atoms with Crippen molar-refractivity contribution in [2.45, 2.75) is 6.04 Å². The van der Waals surface area contributed by atoms with E-state index in [1.165, 1.54) is 11.3 Å². The molecular formula is C14H11NOS3. The van der Waals surface area contributed by atoms with Crippen LogP contribution in [-0.2, 0) is 0 Å². The second kappa shape index (κ2) is 5.69. The Balaban J connectivity index is 1.87. The average Bonchev–Trinajstić information content (AvgIpc) is 3.17. The van der Waals surface area contributed by atoms with Crippen LogP contribution in [0.15, 0.2) is 51.2 Å². The number of rotatable bonds is 4. The van der Waals surface area contributed by atoms with Crippen LogP contribution in [0, 0.1) is 0 Å². The van der Waals surface area contributed by atoms with Gasteiger partial charge < -0.3 is 5.32 Å². The van der Waals surface area contributed by atoms with Crippen molar-refractivity contribution in [2.75, 3.05) is 0 Å². The third kappa shape index (κ3) is 2.78. The molecule has 5 heteroatoms. The second-order valence-corrected chi connectivity index (χ2v) is 6.53. The predicted octanol–water partition coefficient (Wildman–Crippen LogP) is 4.39. The van der Waals surface area contributed by atoms with Gasteiger partial charge in [0.05, 0.1) is 11.6 Å². The third-order valence-electron chi connectivity index (χ3n) is 2.76. The number of hydrogen-bond donors (Lipinski definition) is 1. The molecule has 1 amide bonds. The van der Waals surface area contributed by atoms with Crippen molar-refractivity contribution in [3.63, 3.8) is 0 Å². The van der Waals surface area contributed by atoms with Crippen molar-refractivity contribution in [1.82, 2.24) is 5.32 Å². The Morgan fingerprint density at radius 3 is 2.53 bits per heavy atom. The number of carbonyl (C=O) groups is 1. The van der Waals surface area contributed by atoms with Crippen molar-refractivity contribution < 1.29 is 4.79 Å². The summed E-state index contributed by atoms with van der Waals surface area (Å²) in [6.45, 7) is 0. The molecule has 0 saturated carbocycles. The first kappa shape index (κ1) is 12.6. The van der Waals surface area contributed by atoms with Crippen molar-refractivity contribution in [3.8, 4) is 0 Å². The molecular weight excluding hydrogens is 294 g/mol. The van der Waals surface area contributed by atoms with Crippen LogP contribution in [0.4, 0.5) is 0 Å². The van der Waals surface area contributed by atoms with Crippen LogP contribution in [0.3, 0.4) is 0 Å². The first-order valence-electron chi connectivity index (χ1n) is 5.73. The van der Waals surface area contributed by atoms with E-state index >= 15 is 0 Å². The van der Waals surface area contributed by atoms with Gasteiger partial charge in [-0.25, -0.2) is 0 Å². The van der Waals surface area contributed by atoms with Gasteiger partial charge in [0.25, 0.3) is 5.91 Å². The summed E-state index contributed by atoms with van der Waals surface area (Å²) in [5.41, 5.74) is 1.86. The van der Waals surface area contributed by atoms with Gasteiger partial charge in [0.2, 0.25) is 0 Å². The number of hydrogen-bond acceptors (Lipinski definition) is 4. The molecule has 0 spiro atoms. The minimum absolute atomic E-state index is 0.0224. The van der Waals surface area contributed by atoms with Gasteiger partial charge in [0, 0.05) is 10.3 Å². The fraction of sp³-hybridized carbons (Fsp3) is 0.0714. The van der Waals surface area contributed by atoms with Gasteiger partial charge in [-0.2, -0.15) is 22.7 Å². The molecule has 3 rings (SSSR count). The second-order valence-electron chi connectivity index (χ2n) is 3.99. The van der Waals surface area contributed by atoms with Gasteiger partial charge in [-0.1, -0.05) is 6.07 Å². The van der Waals surface area contributed by atoms with E-state index in [9.17, 15) is 4.79 Å². The van der Waals surface area contributed by atoms with Gasteiger partial charge >= 0.3 is 0 Å². The molecule has 1 atom stereocenters. The molecule has 2 nitrogen and oxygen atoms in total. The van der Waals surface area contributed by atoms with Crippen LogP contribution in [0.5, 0.6) is 0 Å². The summed E-state index contributed by atoms with van der Waals surface area (Å²) >= 11 is 4.84. The summed E-state index contributed by atoms with van der Waals surface area (Å²) in [4.78, 5) is 13.4. The van der Waals surface area contributed by atoms with E-state index in [2.05, 4.69) is 22.8 Å². The van der Waals surface area contributed by atoms with E-state index < -0.39 is 0 Å². The monoisotopic (exact) mass is 305 g/mol. The van der Waals surface area contributed by atoms with Crippen molar-refractivity contribution in [3.05, 3.63) is 67.2 Å². The predicted molar refractivity (Wildman–Crippen MR) is 82.3 cm³/mol. The lowest BCUT2D eigenvalue weighted by Gasteiger charge is -2.16. The minimum Gasteiger partial charge on any atom is -0.340 e. The largest absolute Gasteiger partial charge is 0.340 e. The van der Waals surface area contributed by atoms with E-state index in [-0.39, 0.29) is 11.9 Å². The lowest BCUT2D eigenvalue weighted by Crippen LogP contribution is -2.28. The number of amides is 1. The molecule has 1 unspecified atom stereocenters. The maximum Gasteiger partial charge on any atom is 0.252 e. The number of nitrogens with one attached hydrogen (secondary N) is 1. The molecule has 19 heavy (non-hydrogen) atoms. The van der Waals surface area contributed by atoms with Crippen molar-refractivity contribution >= 4 is 39.9 Å². The highest BCUT2D eigenvalue weighted by molar-refractivity contribution is 7.10. The fourth-order valence-corrected chi connectivity index (χ4v) is 3.95. The summed E-state index contributed by atoms with van der Waals surface area (Å²) in [6.07, 6.45) is 0. The van der Waals surface area contributed by atoms with E-state index in [1.54, 1.807) is 22.7 Å². The number of thiophene rings is 3. The molecule has 3 heterocycles. The summed E-state index contributed by atoms with van der Waals surface area (Å²) in [6, 6.07) is 7.91. The highest BCUT2D eigenvalue weighted by Crippen LogP contribution is 2.28. The topological polar surface area (TPSA) is 29.1 Å². The molecule has 0 radical (unpaired) electrons. The van der Waals surface area contributed by atoms with Gasteiger partial charge in [-0.15, -0.1) is 11.3 Å². The molecule has 0 aliphatic rings. The smallest absolute Gasteiger partial charge is 0.252 e. The van der Waals surface area contributed by atoms with E-state index in [4.69, 9.17) is 0 Å². The van der Waals surface area contributed by atoms with Crippen LogP contribution >= 0.6 is 34.0 Å². The lowest BCUT2D eigenvalue weighted by molar-refractivity contribution is 0.0944. The fourth-order valence-electron chi connectivity index (χ4n) is 1.82. The Kier molecular flexibility index (Phi) is 3.77. The van der Waals surface area contributed by atoms with Gasteiger partial charge in [-0.05, 0) is 45.3 Å². The highest BCUT2D eigenvalue weighted by atomic mass is 32.1. The van der Waals surface area contributed by atoms with E-state index in [0.717, 1.165) is 16.0 Å². The molecule has 0 saturated heterocycles. The van der Waals surface area contributed by atoms with Crippen molar-refractivity contribution in [2.24, 2.45) is 0 Å². The summed E-state index contributed by atoms with van der Waals surface area (Å²) < 4.78 is 0. The molecule has 3 aromatic rings. The Morgan fingerprint density at radius 1 is 1.05 bits per heavy atom. The minimum atomic E-state index is -0.0568. The molecule has 0 aliphatic heterocycles. The maximum absolute atomic E-state index is 12.2. The maximum atomic E-state index is 12.2. The first-order valence-corrected chi connectivity index (χ1v) is 8.49. The van der Waals surface area contributed by atoms with E-state index in [1.807, 2.05) is 33.7 Å². The third-order valence-corrected chi connectivity index (χ3v) is 5.08. The van der Waals surface area contributed by atoms with Crippen LogP contribution in [0.1, 0.15) is 26.8 Å². The lowest BCUT2D eigenvalue weighted by atomic mass is 10.1. The molecule has 1 N–H and O–H groups in total. The van der Waals surface area contributed by atoms with Crippen LogP contribution in [0.2, 0.25) is 0 Å². The normalized spacial score (nSPS) is 12.2. The zero-order chi connectivity index (χ0) is 13.1. The standard InChI is InChI=1S/C14H11NOS3/c16-14(11-4-7-18-9-11)15-13(10-3-6-17-8-10)12-2-1-5-19-12/h1-9,13H,(H,15,16). The van der Waals surface area contributed by atoms with Crippen LogP contribution in [-0.4, -0.2) is 5.91 Å². The molecule has 0 aliphatic carbocycles. The summed E-state index contributed by atoms with van der Waals surface area (Å²) in [5.74, 6) is -0.0224. The molecule has 0 bridgehead atoms. The Hall–Kier alpha value is -1.43. The van der Waals surface area contributed by atoms with Crippen molar-refractivity contribution in [1.29, 1.82) is 0 Å². The van der Waals surface area contributed by atoms with Crippen LogP contribution in [0.25, 0.3) is 0 Å². The summed E-state index contributed by atoms with van der Waals surface area (Å²) in [5, 5.41) is 13.0. The van der Waals surface area contributed by atoms with Gasteiger partial charge in [-0.3, -0.25) is 4.79 Å². The Labute approximate surface area is 123 Å².